The van der Waals surface area contributed by atoms with Gasteiger partial charge in [-0.3, -0.25) is 4.79 Å². The number of halogens is 4. The zero-order chi connectivity index (χ0) is 23.5. The topological polar surface area (TPSA) is 75.7 Å². The number of rotatable bonds is 5. The van der Waals surface area contributed by atoms with Crippen molar-refractivity contribution in [3.05, 3.63) is 52.5 Å². The number of carbonyl (C=O) groups excluding carboxylic acids is 1. The number of alkyl halides is 3. The molecular weight excluding hydrogens is 469 g/mol. The average molecular weight is 491 g/mol. The number of methoxy groups -OCH3 is 1. The molecule has 1 aliphatic rings. The van der Waals surface area contributed by atoms with E-state index in [1.807, 2.05) is 0 Å². The molecule has 0 bridgehead atoms. The molecule has 1 N–H and O–H groups in total. The number of nitrogens with one attached hydrogen (secondary N) is 1. The Labute approximate surface area is 189 Å². The third-order valence-electron chi connectivity index (χ3n) is 5.16. The molecule has 6 nitrogen and oxygen atoms in total. The number of nitrogens with zero attached hydrogens (tertiary/aromatic N) is 1. The summed E-state index contributed by atoms with van der Waals surface area (Å²) in [6.45, 7) is 0.769. The van der Waals surface area contributed by atoms with Gasteiger partial charge in [0.15, 0.2) is 0 Å². The molecule has 2 aromatic rings. The molecule has 0 aliphatic carbocycles. The molecule has 1 aliphatic heterocycles. The largest absolute Gasteiger partial charge is 0.496 e. The maximum absolute atomic E-state index is 13.1. The van der Waals surface area contributed by atoms with Crippen molar-refractivity contribution in [3.8, 4) is 5.75 Å². The van der Waals surface area contributed by atoms with Crippen LogP contribution in [0.15, 0.2) is 41.3 Å². The van der Waals surface area contributed by atoms with E-state index in [0.717, 1.165) is 43.9 Å². The molecule has 0 saturated carbocycles. The highest BCUT2D eigenvalue weighted by Gasteiger charge is 2.31. The smallest absolute Gasteiger partial charge is 0.416 e. The molecule has 3 rings (SSSR count). The van der Waals surface area contributed by atoms with Gasteiger partial charge in [0.1, 0.15) is 5.75 Å². The zero-order valence-electron chi connectivity index (χ0n) is 17.2. The fourth-order valence-corrected chi connectivity index (χ4v) is 5.15. The average Bonchev–Trinajstić information content (AvgIpc) is 3.04. The van der Waals surface area contributed by atoms with Gasteiger partial charge in [-0.25, -0.2) is 8.42 Å². The van der Waals surface area contributed by atoms with Crippen LogP contribution in [0.2, 0.25) is 5.02 Å². The van der Waals surface area contributed by atoms with E-state index < -0.39 is 27.7 Å². The van der Waals surface area contributed by atoms with Crippen LogP contribution in [0.25, 0.3) is 0 Å². The molecular formula is C21H22ClF3N2O4S. The van der Waals surface area contributed by atoms with E-state index in [1.165, 1.54) is 23.5 Å². The van der Waals surface area contributed by atoms with Crippen LogP contribution in [0.4, 0.5) is 18.9 Å². The molecule has 1 fully saturated rings. The summed E-state index contributed by atoms with van der Waals surface area (Å²) in [5, 5.41) is 2.22. The Morgan fingerprint density at radius 2 is 1.72 bits per heavy atom. The van der Waals surface area contributed by atoms with Crippen molar-refractivity contribution < 1.29 is 31.1 Å². The molecule has 1 amide bonds. The van der Waals surface area contributed by atoms with E-state index >= 15 is 0 Å². The third-order valence-corrected chi connectivity index (χ3v) is 7.38. The summed E-state index contributed by atoms with van der Waals surface area (Å²) in [5.41, 5.74) is -1.38. The monoisotopic (exact) mass is 490 g/mol. The first-order chi connectivity index (χ1) is 15.0. The lowest BCUT2D eigenvalue weighted by Crippen LogP contribution is -2.32. The Balaban J connectivity index is 1.95. The first-order valence-corrected chi connectivity index (χ1v) is 11.7. The predicted molar refractivity (Wildman–Crippen MR) is 115 cm³/mol. The predicted octanol–water partition coefficient (Wildman–Crippen LogP) is 5.18. The van der Waals surface area contributed by atoms with Gasteiger partial charge in [-0.05, 0) is 49.2 Å². The second kappa shape index (κ2) is 9.68. The summed E-state index contributed by atoms with van der Waals surface area (Å²) in [4.78, 5) is 12.8. The van der Waals surface area contributed by atoms with Crippen LogP contribution in [0.1, 0.15) is 41.6 Å². The number of hydrogen-bond acceptors (Lipinski definition) is 4. The molecule has 0 spiro atoms. The molecule has 0 unspecified atom stereocenters. The molecule has 0 aromatic heterocycles. The molecule has 0 atom stereocenters. The highest BCUT2D eigenvalue weighted by Crippen LogP contribution is 2.34. The molecule has 2 aromatic carbocycles. The minimum Gasteiger partial charge on any atom is -0.496 e. The van der Waals surface area contributed by atoms with Gasteiger partial charge < -0.3 is 10.1 Å². The molecule has 1 saturated heterocycles. The fourth-order valence-electron chi connectivity index (χ4n) is 3.44. The Hall–Kier alpha value is -2.30. The van der Waals surface area contributed by atoms with Gasteiger partial charge >= 0.3 is 6.18 Å². The molecule has 0 radical (unpaired) electrons. The van der Waals surface area contributed by atoms with E-state index in [2.05, 4.69) is 5.32 Å². The molecule has 11 heteroatoms. The van der Waals surface area contributed by atoms with Crippen molar-refractivity contribution in [1.82, 2.24) is 4.31 Å². The number of ether oxygens (including phenoxy) is 1. The number of hydrogen-bond donors (Lipinski definition) is 1. The first-order valence-electron chi connectivity index (χ1n) is 9.90. The second-order valence-electron chi connectivity index (χ2n) is 7.33. The molecule has 174 valence electrons. The highest BCUT2D eigenvalue weighted by molar-refractivity contribution is 7.89. The summed E-state index contributed by atoms with van der Waals surface area (Å²) >= 11 is 5.96. The number of anilines is 1. The van der Waals surface area contributed by atoms with Crippen LogP contribution < -0.4 is 10.1 Å². The number of amides is 1. The summed E-state index contributed by atoms with van der Waals surface area (Å²) in [5.74, 6) is -0.781. The van der Waals surface area contributed by atoms with Crippen LogP contribution in [0.5, 0.6) is 5.75 Å². The van der Waals surface area contributed by atoms with E-state index in [-0.39, 0.29) is 26.9 Å². The van der Waals surface area contributed by atoms with Crippen LogP contribution in [-0.2, 0) is 16.2 Å². The second-order valence-corrected chi connectivity index (χ2v) is 9.67. The van der Waals surface area contributed by atoms with Crippen molar-refractivity contribution in [1.29, 1.82) is 0 Å². The van der Waals surface area contributed by atoms with Crippen molar-refractivity contribution in [2.75, 3.05) is 25.5 Å². The number of sulfonamides is 1. The van der Waals surface area contributed by atoms with Crippen LogP contribution in [0.3, 0.4) is 0 Å². The number of benzene rings is 2. The SMILES string of the molecule is COc1ccc(S(=O)(=O)N2CCCCCC2)cc1C(=O)Nc1cc(C(F)(F)F)ccc1Cl. The maximum atomic E-state index is 13.1. The van der Waals surface area contributed by atoms with Gasteiger partial charge in [-0.15, -0.1) is 0 Å². The highest BCUT2D eigenvalue weighted by atomic mass is 35.5. The Bertz CT molecular complexity index is 1100. The summed E-state index contributed by atoms with van der Waals surface area (Å²) in [6, 6.07) is 6.38. The van der Waals surface area contributed by atoms with Crippen LogP contribution >= 0.6 is 11.6 Å². The maximum Gasteiger partial charge on any atom is 0.416 e. The van der Waals surface area contributed by atoms with Gasteiger partial charge in [0.2, 0.25) is 10.0 Å². The van der Waals surface area contributed by atoms with Crippen molar-refractivity contribution in [2.24, 2.45) is 0 Å². The lowest BCUT2D eigenvalue weighted by molar-refractivity contribution is -0.137. The quantitative estimate of drug-likeness (QED) is 0.626. The van der Waals surface area contributed by atoms with E-state index in [4.69, 9.17) is 16.3 Å². The van der Waals surface area contributed by atoms with Crippen molar-refractivity contribution in [3.63, 3.8) is 0 Å². The fraction of sp³-hybridized carbons (Fsp3) is 0.381. The third kappa shape index (κ3) is 5.36. The number of carbonyl (C=O) groups is 1. The Morgan fingerprint density at radius 1 is 1.06 bits per heavy atom. The zero-order valence-corrected chi connectivity index (χ0v) is 18.8. The Kier molecular flexibility index (Phi) is 7.36. The van der Waals surface area contributed by atoms with Crippen LogP contribution in [-0.4, -0.2) is 38.8 Å². The standard InChI is InChI=1S/C21H22ClF3N2O4S/c1-31-19-9-7-15(32(29,30)27-10-4-2-3-5-11-27)13-16(19)20(28)26-18-12-14(21(23,24)25)6-8-17(18)22/h6-9,12-13H,2-5,10-11H2,1H3,(H,26,28). The minimum atomic E-state index is -4.62. The van der Waals surface area contributed by atoms with Gasteiger partial charge in [0.05, 0.1) is 33.8 Å². The molecule has 1 heterocycles. The van der Waals surface area contributed by atoms with Gasteiger partial charge in [-0.1, -0.05) is 24.4 Å². The normalized spacial score (nSPS) is 15.8. The van der Waals surface area contributed by atoms with Gasteiger partial charge in [0, 0.05) is 13.1 Å². The summed E-state index contributed by atoms with van der Waals surface area (Å²) in [7, 11) is -2.55. The first kappa shape index (κ1) is 24.3. The van der Waals surface area contributed by atoms with E-state index in [1.54, 1.807) is 0 Å². The van der Waals surface area contributed by atoms with E-state index in [9.17, 15) is 26.4 Å². The van der Waals surface area contributed by atoms with Crippen molar-refractivity contribution >= 4 is 33.2 Å². The minimum absolute atomic E-state index is 0.0698. The van der Waals surface area contributed by atoms with Gasteiger partial charge in [0.25, 0.3) is 5.91 Å². The van der Waals surface area contributed by atoms with E-state index in [0.29, 0.717) is 19.2 Å². The van der Waals surface area contributed by atoms with Gasteiger partial charge in [-0.2, -0.15) is 17.5 Å². The lowest BCUT2D eigenvalue weighted by atomic mass is 10.1. The van der Waals surface area contributed by atoms with Crippen molar-refractivity contribution in [2.45, 2.75) is 36.8 Å². The van der Waals surface area contributed by atoms with Crippen LogP contribution in [0, 0.1) is 0 Å². The molecule has 32 heavy (non-hydrogen) atoms. The Morgan fingerprint density at radius 3 is 2.31 bits per heavy atom. The lowest BCUT2D eigenvalue weighted by Gasteiger charge is -2.21. The summed E-state index contributed by atoms with van der Waals surface area (Å²) in [6.07, 6.45) is -1.24. The summed E-state index contributed by atoms with van der Waals surface area (Å²) < 4.78 is 71.8.